The highest BCUT2D eigenvalue weighted by atomic mass is 32.2. The second-order valence-corrected chi connectivity index (χ2v) is 19.5. The van der Waals surface area contributed by atoms with Gasteiger partial charge >= 0.3 is 11.9 Å². The van der Waals surface area contributed by atoms with Gasteiger partial charge in [0.05, 0.1) is 35.2 Å². The summed E-state index contributed by atoms with van der Waals surface area (Å²) in [6, 6.07) is 0. The number of allylic oxidation sites excluding steroid dienone is 2. The quantitative estimate of drug-likeness (QED) is 0.305. The minimum Gasteiger partial charge on any atom is -0.512 e. The summed E-state index contributed by atoms with van der Waals surface area (Å²) in [5.74, 6) is -7.57. The number of carbonyl (C=O) groups excluding carboxylic acids is 4. The molecule has 18 atom stereocenters. The van der Waals surface area contributed by atoms with E-state index in [0.29, 0.717) is 25.7 Å². The molecule has 0 unspecified atom stereocenters. The third-order valence-electron chi connectivity index (χ3n) is 16.2. The fraction of sp³-hybridized carbons (Fsp3) is 0.789. The van der Waals surface area contributed by atoms with Crippen LogP contribution in [-0.4, -0.2) is 100 Å². The highest BCUT2D eigenvalue weighted by Gasteiger charge is 2.92. The molecule has 12 nitrogen and oxygen atoms in total. The molecule has 4 N–H and O–H groups in total. The maximum atomic E-state index is 14.9. The maximum absolute atomic E-state index is 14.9. The third-order valence-corrected chi connectivity index (χ3v) is 17.9. The average molecular weight is 727 g/mol. The molecule has 4 saturated carbocycles. The van der Waals surface area contributed by atoms with Crippen LogP contribution in [0.15, 0.2) is 22.7 Å². The summed E-state index contributed by atoms with van der Waals surface area (Å²) in [5.41, 5.74) is -8.79. The maximum Gasteiger partial charge on any atom is 0.341 e. The number of esters is 2. The van der Waals surface area contributed by atoms with Gasteiger partial charge in [-0.15, -0.1) is 0 Å². The molecule has 6 saturated heterocycles. The van der Waals surface area contributed by atoms with E-state index < -0.39 is 104 Å². The van der Waals surface area contributed by atoms with Gasteiger partial charge in [0.15, 0.2) is 22.4 Å². The summed E-state index contributed by atoms with van der Waals surface area (Å²) in [6.45, 7) is 11.0. The van der Waals surface area contributed by atoms with Gasteiger partial charge in [0.1, 0.15) is 34.2 Å². The largest absolute Gasteiger partial charge is 0.512 e. The van der Waals surface area contributed by atoms with Crippen LogP contribution >= 0.6 is 11.8 Å². The lowest BCUT2D eigenvalue weighted by Crippen LogP contribution is -2.76. The third kappa shape index (κ3) is 3.13. The minimum absolute atomic E-state index is 0.0476. The molecule has 0 amide bonds. The van der Waals surface area contributed by atoms with E-state index in [1.807, 2.05) is 13.8 Å². The molecule has 10 fully saturated rings. The Morgan fingerprint density at radius 1 is 0.647 bits per heavy atom. The number of Topliss-reactive ketones (excluding diaryl/α,β-unsaturated/α-hetero) is 2. The second kappa shape index (κ2) is 9.43. The van der Waals surface area contributed by atoms with Crippen molar-refractivity contribution in [2.75, 3.05) is 0 Å². The van der Waals surface area contributed by atoms with Crippen molar-refractivity contribution in [2.24, 2.45) is 47.3 Å². The van der Waals surface area contributed by atoms with Crippen LogP contribution in [0.2, 0.25) is 0 Å². The topological polar surface area (TPSA) is 186 Å². The molecular formula is C38H46O12S. The van der Waals surface area contributed by atoms with Crippen molar-refractivity contribution >= 4 is 35.3 Å². The number of hydrogen-bond donors (Lipinski definition) is 4. The van der Waals surface area contributed by atoms with E-state index in [0.717, 1.165) is 0 Å². The smallest absolute Gasteiger partial charge is 0.341 e. The molecular weight excluding hydrogens is 680 g/mol. The van der Waals surface area contributed by atoms with Crippen molar-refractivity contribution < 1.29 is 58.6 Å². The van der Waals surface area contributed by atoms with E-state index in [1.165, 1.54) is 11.8 Å². The fourth-order valence-corrected chi connectivity index (χ4v) is 15.9. The zero-order chi connectivity index (χ0) is 36.3. The lowest BCUT2D eigenvalue weighted by Gasteiger charge is -2.63. The Labute approximate surface area is 299 Å². The van der Waals surface area contributed by atoms with Crippen molar-refractivity contribution in [3.8, 4) is 0 Å². The molecule has 0 aromatic carbocycles. The number of fused-ring (bicyclic) bond motifs is 2. The molecule has 51 heavy (non-hydrogen) atoms. The standard InChI is InChI=1S/C38H46O12S/c1-13-7-9-17(39)19-31(45)47-35-11-15(3)33(5)29(43)23(35)27(21(25(13)41)37(19,35)49-33)51-28-22-26(42)14(2)8-10-18(40)20-32(46)48-36-12-16(4)34(6,30(44)24(28)36)50-38(20,22)36/h13-16,21-24,27-30,39-40,43-44H,7-12H2,1-6H3/b19-17-,20-18+/t13-,14-,15-,16-,21-,22+,23-,24-,27+,28+,29-,30-,33-,34+,35+,36+,37+,38+/m0/s1. The van der Waals surface area contributed by atoms with E-state index in [4.69, 9.17) is 18.9 Å². The van der Waals surface area contributed by atoms with Crippen LogP contribution < -0.4 is 0 Å². The predicted octanol–water partition coefficient (Wildman–Crippen LogP) is 3.02. The number of aliphatic hydroxyl groups is 4. The van der Waals surface area contributed by atoms with Crippen LogP contribution in [-0.2, 0) is 38.1 Å². The van der Waals surface area contributed by atoms with Gasteiger partial charge in [-0.05, 0) is 51.4 Å². The van der Waals surface area contributed by atoms with E-state index in [-0.39, 0.29) is 58.9 Å². The van der Waals surface area contributed by atoms with Crippen LogP contribution in [0.1, 0.15) is 80.1 Å². The van der Waals surface area contributed by atoms with Crippen LogP contribution in [0, 0.1) is 47.3 Å². The summed E-state index contributed by atoms with van der Waals surface area (Å²) < 4.78 is 26.7. The van der Waals surface area contributed by atoms with Crippen molar-refractivity contribution in [3.63, 3.8) is 0 Å². The summed E-state index contributed by atoms with van der Waals surface area (Å²) in [6.07, 6.45) is -1.01. The van der Waals surface area contributed by atoms with Gasteiger partial charge in [-0.2, -0.15) is 11.8 Å². The fourth-order valence-electron chi connectivity index (χ4n) is 13.5. The first-order chi connectivity index (χ1) is 23.9. The Hall–Kier alpha value is -2.45. The molecule has 6 aliphatic heterocycles. The van der Waals surface area contributed by atoms with Crippen LogP contribution in [0.25, 0.3) is 0 Å². The van der Waals surface area contributed by atoms with Crippen molar-refractivity contribution in [1.29, 1.82) is 0 Å². The van der Waals surface area contributed by atoms with Gasteiger partial charge in [0.2, 0.25) is 0 Å². The second-order valence-electron chi connectivity index (χ2n) is 18.1. The molecule has 6 aliphatic carbocycles. The van der Waals surface area contributed by atoms with Crippen LogP contribution in [0.5, 0.6) is 0 Å². The number of rotatable bonds is 2. The molecule has 0 aromatic rings. The van der Waals surface area contributed by atoms with Crippen molar-refractivity contribution in [2.45, 2.75) is 136 Å². The monoisotopic (exact) mass is 726 g/mol. The predicted molar refractivity (Wildman–Crippen MR) is 177 cm³/mol. The van der Waals surface area contributed by atoms with E-state index >= 15 is 0 Å². The molecule has 13 heteroatoms. The summed E-state index contributed by atoms with van der Waals surface area (Å²) in [7, 11) is 0. The normalized spacial score (nSPS) is 61.8. The molecule has 4 spiro atoms. The summed E-state index contributed by atoms with van der Waals surface area (Å²) in [4.78, 5) is 57.6. The Kier molecular flexibility index (Phi) is 6.13. The van der Waals surface area contributed by atoms with Gasteiger partial charge in [-0.3, -0.25) is 9.59 Å². The Morgan fingerprint density at radius 3 is 1.39 bits per heavy atom. The highest BCUT2D eigenvalue weighted by Crippen LogP contribution is 2.79. The van der Waals surface area contributed by atoms with E-state index in [1.54, 1.807) is 27.7 Å². The van der Waals surface area contributed by atoms with E-state index in [2.05, 4.69) is 0 Å². The summed E-state index contributed by atoms with van der Waals surface area (Å²) in [5, 5.41) is 46.3. The molecule has 12 aliphatic rings. The highest BCUT2D eigenvalue weighted by molar-refractivity contribution is 8.00. The molecule has 0 aromatic heterocycles. The molecule has 12 rings (SSSR count). The zero-order valence-corrected chi connectivity index (χ0v) is 30.5. The number of thioether (sulfide) groups is 1. The average Bonchev–Trinajstić information content (AvgIpc) is 3.57. The lowest BCUT2D eigenvalue weighted by molar-refractivity contribution is -0.341. The lowest BCUT2D eigenvalue weighted by atomic mass is 9.56. The number of carbonyl (C=O) groups is 4. The van der Waals surface area contributed by atoms with Gasteiger partial charge in [-0.1, -0.05) is 27.7 Å². The molecule has 6 heterocycles. The Bertz CT molecular complexity index is 1700. The first kappa shape index (κ1) is 33.1. The van der Waals surface area contributed by atoms with Gasteiger partial charge < -0.3 is 39.4 Å². The SMILES string of the molecule is C[C@H]1CC/C(O)=C2/C(=O)O[C@@]34C[C@H](C)[C@@]5(C)O[C@@]23[C@H](C1=O)[C@@H](S[C@H]1[C@H]2[C@H](O)[C@@]3(C)O[C@]67/C(=C(\O)CC[C@H](C)C(=O)[C@@H]16)C(=O)O[C@]27C[C@@H]3C)[C@H]4[C@@H]5O. The first-order valence-electron chi connectivity index (χ1n) is 18.7. The number of hydrogen-bond acceptors (Lipinski definition) is 13. The minimum atomic E-state index is -1.68. The van der Waals surface area contributed by atoms with Crippen LogP contribution in [0.4, 0.5) is 0 Å². The van der Waals surface area contributed by atoms with Gasteiger partial charge in [-0.25, -0.2) is 9.59 Å². The molecule has 0 radical (unpaired) electrons. The Balaban J connectivity index is 1.22. The number of ketones is 2. The number of aliphatic hydroxyl groups excluding tert-OH is 4. The van der Waals surface area contributed by atoms with Gasteiger partial charge in [0.25, 0.3) is 0 Å². The first-order valence-corrected chi connectivity index (χ1v) is 19.6. The van der Waals surface area contributed by atoms with E-state index in [9.17, 15) is 39.6 Å². The van der Waals surface area contributed by atoms with Crippen molar-refractivity contribution in [1.82, 2.24) is 0 Å². The Morgan fingerprint density at radius 2 is 1.02 bits per heavy atom. The van der Waals surface area contributed by atoms with Crippen LogP contribution in [0.3, 0.4) is 0 Å². The zero-order valence-electron chi connectivity index (χ0n) is 29.6. The molecule has 8 bridgehead atoms. The summed E-state index contributed by atoms with van der Waals surface area (Å²) >= 11 is 1.32. The number of ether oxygens (including phenoxy) is 4. The van der Waals surface area contributed by atoms with Gasteiger partial charge in [0, 0.05) is 47.0 Å². The molecule has 276 valence electrons. The van der Waals surface area contributed by atoms with Crippen molar-refractivity contribution in [3.05, 3.63) is 22.7 Å².